The number of nitrogens with one attached hydrogen (secondary N) is 2. The molecule has 1 aliphatic rings. The highest BCUT2D eigenvalue weighted by Crippen LogP contribution is 2.44. The van der Waals surface area contributed by atoms with Gasteiger partial charge in [-0.3, -0.25) is 9.63 Å². The zero-order valence-corrected chi connectivity index (χ0v) is 18.0. The summed E-state index contributed by atoms with van der Waals surface area (Å²) in [4.78, 5) is 39.6. The van der Waals surface area contributed by atoms with Crippen molar-refractivity contribution in [2.45, 2.75) is 44.6 Å². The second-order valence-corrected chi connectivity index (χ2v) is 7.72. The highest BCUT2D eigenvalue weighted by atomic mass is 16.7. The van der Waals surface area contributed by atoms with Crippen LogP contribution in [0.15, 0.2) is 48.5 Å². The molecule has 0 bridgehead atoms. The minimum absolute atomic E-state index is 0.0379. The van der Waals surface area contributed by atoms with E-state index in [0.717, 1.165) is 35.1 Å². The van der Waals surface area contributed by atoms with Gasteiger partial charge in [-0.25, -0.2) is 15.1 Å². The first-order valence-electron chi connectivity index (χ1n) is 10.7. The lowest BCUT2D eigenvalue weighted by Gasteiger charge is -2.19. The van der Waals surface area contributed by atoms with Gasteiger partial charge in [-0.1, -0.05) is 68.3 Å². The molecule has 1 unspecified atom stereocenters. The molecule has 32 heavy (non-hydrogen) atoms. The summed E-state index contributed by atoms with van der Waals surface area (Å²) in [6.07, 6.45) is 1.68. The molecule has 0 aromatic heterocycles. The van der Waals surface area contributed by atoms with Gasteiger partial charge >= 0.3 is 12.1 Å². The Kier molecular flexibility index (Phi) is 8.21. The summed E-state index contributed by atoms with van der Waals surface area (Å²) in [5, 5.41) is 11.3. The Hall–Kier alpha value is -3.39. The second kappa shape index (κ2) is 11.3. The lowest BCUT2D eigenvalue weighted by atomic mass is 9.98. The Morgan fingerprint density at radius 3 is 2.25 bits per heavy atom. The number of unbranched alkanes of at least 4 members (excludes halogenated alkanes) is 1. The Morgan fingerprint density at radius 1 is 1.03 bits per heavy atom. The van der Waals surface area contributed by atoms with Crippen LogP contribution in [0, 0.1) is 0 Å². The van der Waals surface area contributed by atoms with E-state index in [0.29, 0.717) is 6.42 Å². The average Bonchev–Trinajstić information content (AvgIpc) is 3.09. The molecule has 0 radical (unpaired) electrons. The topological polar surface area (TPSA) is 114 Å². The van der Waals surface area contributed by atoms with Crippen molar-refractivity contribution in [3.63, 3.8) is 0 Å². The van der Waals surface area contributed by atoms with Crippen LogP contribution in [-0.4, -0.2) is 42.3 Å². The van der Waals surface area contributed by atoms with Gasteiger partial charge in [0.05, 0.1) is 0 Å². The summed E-state index contributed by atoms with van der Waals surface area (Å²) in [6, 6.07) is 15.7. The van der Waals surface area contributed by atoms with Gasteiger partial charge in [0.25, 0.3) is 0 Å². The third kappa shape index (κ3) is 6.07. The summed E-state index contributed by atoms with van der Waals surface area (Å²) in [5.74, 6) is -1.74. The maximum Gasteiger partial charge on any atom is 0.407 e. The van der Waals surface area contributed by atoms with Gasteiger partial charge in [0.15, 0.2) is 6.61 Å². The first-order valence-corrected chi connectivity index (χ1v) is 10.7. The number of amides is 2. The van der Waals surface area contributed by atoms with Crippen molar-refractivity contribution >= 4 is 18.0 Å². The molecule has 0 saturated heterocycles. The van der Waals surface area contributed by atoms with Crippen LogP contribution in [0.25, 0.3) is 11.1 Å². The maximum atomic E-state index is 12.5. The molecule has 2 aromatic carbocycles. The standard InChI is InChI=1S/C24H28N2O6/c1-2-3-8-16(13-22(27)26-32-15-23(28)29)25-24(30)31-14-21-19-11-6-4-9-17(19)18-10-5-7-12-20(18)21/h4-7,9-12,16,21H,2-3,8,13-15H2,1H3,(H,25,30)(H,26,27)(H,28,29). The van der Waals surface area contributed by atoms with Crippen LogP contribution in [0.1, 0.15) is 49.7 Å². The number of benzene rings is 2. The largest absolute Gasteiger partial charge is 0.479 e. The molecule has 8 nitrogen and oxygen atoms in total. The molecule has 8 heteroatoms. The van der Waals surface area contributed by atoms with Crippen LogP contribution < -0.4 is 10.8 Å². The number of alkyl carbamates (subject to hydrolysis) is 1. The number of carboxylic acids is 1. The predicted molar refractivity (Wildman–Crippen MR) is 118 cm³/mol. The van der Waals surface area contributed by atoms with E-state index in [9.17, 15) is 14.4 Å². The van der Waals surface area contributed by atoms with E-state index in [1.807, 2.05) is 43.3 Å². The van der Waals surface area contributed by atoms with E-state index in [1.165, 1.54) is 0 Å². The number of hydrogen-bond acceptors (Lipinski definition) is 5. The van der Waals surface area contributed by atoms with Gasteiger partial charge < -0.3 is 15.2 Å². The maximum absolute atomic E-state index is 12.5. The first-order chi connectivity index (χ1) is 15.5. The molecule has 0 aliphatic heterocycles. The molecule has 0 spiro atoms. The van der Waals surface area contributed by atoms with Gasteiger partial charge in [0, 0.05) is 18.4 Å². The minimum Gasteiger partial charge on any atom is -0.479 e. The fourth-order valence-electron chi connectivity index (χ4n) is 3.93. The van der Waals surface area contributed by atoms with Crippen LogP contribution in [0.5, 0.6) is 0 Å². The third-order valence-electron chi connectivity index (χ3n) is 5.39. The fourth-order valence-corrected chi connectivity index (χ4v) is 3.93. The molecule has 0 fully saturated rings. The first kappa shape index (κ1) is 23.3. The van der Waals surface area contributed by atoms with E-state index >= 15 is 0 Å². The number of fused-ring (bicyclic) bond motifs is 3. The van der Waals surface area contributed by atoms with Gasteiger partial charge in [0.2, 0.25) is 5.91 Å². The Labute approximate surface area is 186 Å². The summed E-state index contributed by atoms with van der Waals surface area (Å²) in [7, 11) is 0. The van der Waals surface area contributed by atoms with Crippen molar-refractivity contribution in [3.05, 3.63) is 59.7 Å². The van der Waals surface area contributed by atoms with Crippen LogP contribution in [0.2, 0.25) is 0 Å². The summed E-state index contributed by atoms with van der Waals surface area (Å²) in [6.45, 7) is 1.57. The number of carbonyl (C=O) groups excluding carboxylic acids is 2. The Morgan fingerprint density at radius 2 is 1.66 bits per heavy atom. The molecular formula is C24H28N2O6. The van der Waals surface area contributed by atoms with Crippen LogP contribution >= 0.6 is 0 Å². The van der Waals surface area contributed by atoms with E-state index in [1.54, 1.807) is 0 Å². The SMILES string of the molecule is CCCCC(CC(=O)NOCC(=O)O)NC(=O)OCC1c2ccccc2-c2ccccc21. The van der Waals surface area contributed by atoms with Crippen LogP contribution in [0.4, 0.5) is 4.79 Å². The number of ether oxygens (including phenoxy) is 1. The number of carbonyl (C=O) groups is 3. The second-order valence-electron chi connectivity index (χ2n) is 7.72. The lowest BCUT2D eigenvalue weighted by molar-refractivity contribution is -0.149. The number of rotatable bonds is 11. The van der Waals surface area contributed by atoms with Crippen molar-refractivity contribution in [1.29, 1.82) is 0 Å². The van der Waals surface area contributed by atoms with Crippen molar-refractivity contribution in [1.82, 2.24) is 10.8 Å². The van der Waals surface area contributed by atoms with Crippen LogP contribution in [-0.2, 0) is 19.2 Å². The van der Waals surface area contributed by atoms with E-state index < -0.39 is 30.6 Å². The molecule has 0 saturated carbocycles. The van der Waals surface area contributed by atoms with E-state index in [2.05, 4.69) is 27.8 Å². The Bertz CT molecular complexity index is 916. The molecule has 1 atom stereocenters. The van der Waals surface area contributed by atoms with Gasteiger partial charge in [-0.15, -0.1) is 0 Å². The highest BCUT2D eigenvalue weighted by Gasteiger charge is 2.29. The quantitative estimate of drug-likeness (QED) is 0.460. The van der Waals surface area contributed by atoms with Crippen molar-refractivity contribution < 1.29 is 29.1 Å². The molecule has 1 aliphatic carbocycles. The van der Waals surface area contributed by atoms with Crippen LogP contribution in [0.3, 0.4) is 0 Å². The molecule has 3 rings (SSSR count). The number of carboxylic acid groups (broad SMARTS) is 1. The summed E-state index contributed by atoms with van der Waals surface area (Å²) >= 11 is 0. The molecule has 2 aromatic rings. The normalized spacial score (nSPS) is 13.0. The van der Waals surface area contributed by atoms with E-state index in [-0.39, 0.29) is 18.9 Å². The van der Waals surface area contributed by atoms with Crippen molar-refractivity contribution in [3.8, 4) is 11.1 Å². The summed E-state index contributed by atoms with van der Waals surface area (Å²) in [5.41, 5.74) is 6.63. The van der Waals surface area contributed by atoms with Gasteiger partial charge in [-0.05, 0) is 28.7 Å². The number of aliphatic carboxylic acids is 1. The monoisotopic (exact) mass is 440 g/mol. The predicted octanol–water partition coefficient (Wildman–Crippen LogP) is 3.61. The molecular weight excluding hydrogens is 412 g/mol. The van der Waals surface area contributed by atoms with Gasteiger partial charge in [0.1, 0.15) is 6.61 Å². The average molecular weight is 440 g/mol. The Balaban J connectivity index is 1.57. The van der Waals surface area contributed by atoms with Crippen molar-refractivity contribution in [2.75, 3.05) is 13.2 Å². The van der Waals surface area contributed by atoms with Gasteiger partial charge in [-0.2, -0.15) is 0 Å². The summed E-state index contributed by atoms with van der Waals surface area (Å²) < 4.78 is 5.55. The molecule has 2 amide bonds. The lowest BCUT2D eigenvalue weighted by Crippen LogP contribution is -2.40. The third-order valence-corrected chi connectivity index (χ3v) is 5.39. The number of hydrogen-bond donors (Lipinski definition) is 3. The molecule has 3 N–H and O–H groups in total. The molecule has 170 valence electrons. The number of hydroxylamine groups is 1. The minimum atomic E-state index is -1.19. The zero-order chi connectivity index (χ0) is 22.9. The highest BCUT2D eigenvalue weighted by molar-refractivity contribution is 5.79. The molecule has 0 heterocycles. The fraction of sp³-hybridized carbons (Fsp3) is 0.375. The van der Waals surface area contributed by atoms with E-state index in [4.69, 9.17) is 9.84 Å². The smallest absolute Gasteiger partial charge is 0.407 e. The zero-order valence-electron chi connectivity index (χ0n) is 18.0. The van der Waals surface area contributed by atoms with Crippen molar-refractivity contribution in [2.24, 2.45) is 0 Å².